The number of pyridine rings is 3. The molecule has 4 aromatic heterocycles. The lowest BCUT2D eigenvalue weighted by molar-refractivity contribution is 0.0997. The number of primary amides is 1. The zero-order valence-electron chi connectivity index (χ0n) is 21.2. The molecule has 37 heavy (non-hydrogen) atoms. The number of hydrogen-bond acceptors (Lipinski definition) is 9. The van der Waals surface area contributed by atoms with Gasteiger partial charge in [-0.1, -0.05) is 38.2 Å². The number of aromatic nitrogens is 4. The van der Waals surface area contributed by atoms with E-state index in [0.717, 1.165) is 47.4 Å². The standard InChI is InChI=1S/C27H31N7O2S/c1-27(2,3)23-18(24(28)36)13-15(14-29-23)19-11-12-20-25(31-19)37-26(32-20)34-22-6-4-5-21(33-22)30-16-7-9-17(35)10-8-16/h4-6,11-14,16-17,35H,7-10H2,1-3H3,(H2,28,36)(H2,30,32,33,34)/t16-,17-. The highest BCUT2D eigenvalue weighted by Gasteiger charge is 2.23. The van der Waals surface area contributed by atoms with Gasteiger partial charge in [0.25, 0.3) is 5.91 Å². The Morgan fingerprint density at radius 1 is 1.05 bits per heavy atom. The van der Waals surface area contributed by atoms with Gasteiger partial charge in [-0.05, 0) is 56.0 Å². The van der Waals surface area contributed by atoms with Crippen LogP contribution in [0.25, 0.3) is 21.6 Å². The summed E-state index contributed by atoms with van der Waals surface area (Å²) in [6, 6.07) is 11.6. The average molecular weight is 518 g/mol. The van der Waals surface area contributed by atoms with Crippen LogP contribution >= 0.6 is 11.3 Å². The lowest BCUT2D eigenvalue weighted by atomic mass is 9.87. The van der Waals surface area contributed by atoms with Crippen molar-refractivity contribution < 1.29 is 9.90 Å². The molecule has 1 aliphatic carbocycles. The van der Waals surface area contributed by atoms with Crippen molar-refractivity contribution >= 4 is 44.4 Å². The van der Waals surface area contributed by atoms with Crippen molar-refractivity contribution in [3.05, 3.63) is 53.9 Å². The Labute approximate surface area is 219 Å². The Kier molecular flexibility index (Phi) is 6.78. The summed E-state index contributed by atoms with van der Waals surface area (Å²) in [5.74, 6) is 0.979. The number of aliphatic hydroxyl groups excluding tert-OH is 1. The maximum absolute atomic E-state index is 12.1. The number of nitrogens with one attached hydrogen (secondary N) is 2. The van der Waals surface area contributed by atoms with Crippen molar-refractivity contribution in [1.29, 1.82) is 0 Å². The highest BCUT2D eigenvalue weighted by molar-refractivity contribution is 7.21. The number of carbonyl (C=O) groups is 1. The maximum atomic E-state index is 12.1. The number of thiazole rings is 1. The van der Waals surface area contributed by atoms with E-state index in [1.165, 1.54) is 11.3 Å². The molecule has 1 fully saturated rings. The lowest BCUT2D eigenvalue weighted by Crippen LogP contribution is -2.28. The van der Waals surface area contributed by atoms with Crippen LogP contribution in [0.15, 0.2) is 42.6 Å². The first-order valence-corrected chi connectivity index (χ1v) is 13.2. The Hall–Kier alpha value is -3.63. The maximum Gasteiger partial charge on any atom is 0.250 e. The van der Waals surface area contributed by atoms with Gasteiger partial charge in [0.1, 0.15) is 22.0 Å². The Morgan fingerprint density at radius 3 is 2.54 bits per heavy atom. The largest absolute Gasteiger partial charge is 0.393 e. The predicted molar refractivity (Wildman–Crippen MR) is 147 cm³/mol. The minimum absolute atomic E-state index is 0.184. The monoisotopic (exact) mass is 517 g/mol. The molecular weight excluding hydrogens is 486 g/mol. The fourth-order valence-electron chi connectivity index (χ4n) is 4.55. The molecule has 192 valence electrons. The molecule has 10 heteroatoms. The van der Waals surface area contributed by atoms with Gasteiger partial charge in [-0.15, -0.1) is 0 Å². The first-order valence-electron chi connectivity index (χ1n) is 12.4. The molecular formula is C27H31N7O2S. The molecule has 0 unspecified atom stereocenters. The molecule has 0 spiro atoms. The quantitative estimate of drug-likeness (QED) is 0.280. The second-order valence-electron chi connectivity index (χ2n) is 10.5. The first kappa shape index (κ1) is 25.0. The Morgan fingerprint density at radius 2 is 1.81 bits per heavy atom. The molecule has 1 aliphatic rings. The third-order valence-corrected chi connectivity index (χ3v) is 7.33. The SMILES string of the molecule is CC(C)(C)c1ncc(-c2ccc3nc(Nc4cccc(N[C@H]5CC[C@H](O)CC5)n4)sc3n2)cc1C(N)=O. The van der Waals surface area contributed by atoms with E-state index in [1.54, 1.807) is 12.3 Å². The third-order valence-electron chi connectivity index (χ3n) is 6.45. The zero-order valence-corrected chi connectivity index (χ0v) is 22.0. The number of carbonyl (C=O) groups excluding carboxylic acids is 1. The summed E-state index contributed by atoms with van der Waals surface area (Å²) in [7, 11) is 0. The van der Waals surface area contributed by atoms with Gasteiger partial charge >= 0.3 is 0 Å². The molecule has 1 amide bonds. The molecule has 0 aromatic carbocycles. The summed E-state index contributed by atoms with van der Waals surface area (Å²) in [5, 5.41) is 17.2. The van der Waals surface area contributed by atoms with Crippen molar-refractivity contribution in [1.82, 2.24) is 19.9 Å². The van der Waals surface area contributed by atoms with Crippen LogP contribution in [-0.4, -0.2) is 43.1 Å². The van der Waals surface area contributed by atoms with Crippen LogP contribution in [0.5, 0.6) is 0 Å². The average Bonchev–Trinajstić information content (AvgIpc) is 3.26. The van der Waals surface area contributed by atoms with Crippen molar-refractivity contribution in [3.63, 3.8) is 0 Å². The molecule has 5 N–H and O–H groups in total. The van der Waals surface area contributed by atoms with Gasteiger partial charge in [-0.25, -0.2) is 15.0 Å². The third kappa shape index (κ3) is 5.70. The molecule has 4 heterocycles. The Balaban J connectivity index is 1.35. The summed E-state index contributed by atoms with van der Waals surface area (Å²) in [6.45, 7) is 6.00. The fraction of sp³-hybridized carbons (Fsp3) is 0.370. The highest BCUT2D eigenvalue weighted by Crippen LogP contribution is 2.31. The van der Waals surface area contributed by atoms with Gasteiger partial charge < -0.3 is 21.5 Å². The van der Waals surface area contributed by atoms with E-state index in [4.69, 9.17) is 10.7 Å². The van der Waals surface area contributed by atoms with Crippen LogP contribution in [0.1, 0.15) is 62.5 Å². The second kappa shape index (κ2) is 10.0. The van der Waals surface area contributed by atoms with Crippen LogP contribution in [0.3, 0.4) is 0 Å². The van der Waals surface area contributed by atoms with Gasteiger partial charge in [0.2, 0.25) is 0 Å². The normalized spacial score (nSPS) is 18.1. The molecule has 0 aliphatic heterocycles. The van der Waals surface area contributed by atoms with Gasteiger partial charge in [0, 0.05) is 23.2 Å². The van der Waals surface area contributed by atoms with E-state index < -0.39 is 5.91 Å². The molecule has 1 saturated carbocycles. The number of nitrogens with zero attached hydrogens (tertiary/aromatic N) is 4. The van der Waals surface area contributed by atoms with Crippen LogP contribution in [0, 0.1) is 0 Å². The summed E-state index contributed by atoms with van der Waals surface area (Å²) in [5.41, 5.74) is 8.61. The minimum Gasteiger partial charge on any atom is -0.393 e. The van der Waals surface area contributed by atoms with Crippen LogP contribution < -0.4 is 16.4 Å². The number of hydrogen-bond donors (Lipinski definition) is 4. The fourth-order valence-corrected chi connectivity index (χ4v) is 5.39. The molecule has 0 saturated heterocycles. The summed E-state index contributed by atoms with van der Waals surface area (Å²) in [6.07, 6.45) is 5.05. The smallest absolute Gasteiger partial charge is 0.250 e. The first-order chi connectivity index (χ1) is 17.7. The van der Waals surface area contributed by atoms with Crippen LogP contribution in [-0.2, 0) is 5.41 Å². The van der Waals surface area contributed by atoms with Crippen molar-refractivity contribution in [2.75, 3.05) is 10.6 Å². The van der Waals surface area contributed by atoms with E-state index in [1.807, 2.05) is 51.1 Å². The highest BCUT2D eigenvalue weighted by atomic mass is 32.1. The molecule has 4 aromatic rings. The number of anilines is 3. The Bertz CT molecular complexity index is 1440. The van der Waals surface area contributed by atoms with Crippen molar-refractivity contribution in [2.24, 2.45) is 5.73 Å². The number of amides is 1. The topological polar surface area (TPSA) is 139 Å². The molecule has 0 atom stereocenters. The van der Waals surface area contributed by atoms with Crippen molar-refractivity contribution in [3.8, 4) is 11.3 Å². The zero-order chi connectivity index (χ0) is 26.2. The second-order valence-corrected chi connectivity index (χ2v) is 11.4. The lowest BCUT2D eigenvalue weighted by Gasteiger charge is -2.26. The van der Waals surface area contributed by atoms with E-state index >= 15 is 0 Å². The van der Waals surface area contributed by atoms with Gasteiger partial charge in [-0.3, -0.25) is 9.78 Å². The van der Waals surface area contributed by atoms with E-state index in [2.05, 4.69) is 25.6 Å². The van der Waals surface area contributed by atoms with Crippen molar-refractivity contribution in [2.45, 2.75) is 64.0 Å². The number of fused-ring (bicyclic) bond motifs is 1. The minimum atomic E-state index is -0.505. The summed E-state index contributed by atoms with van der Waals surface area (Å²) >= 11 is 1.43. The molecule has 0 bridgehead atoms. The number of rotatable bonds is 6. The summed E-state index contributed by atoms with van der Waals surface area (Å²) in [4.78, 5) is 31.5. The van der Waals surface area contributed by atoms with Crippen LogP contribution in [0.4, 0.5) is 16.8 Å². The molecule has 5 rings (SSSR count). The van der Waals surface area contributed by atoms with Gasteiger partial charge in [0.15, 0.2) is 5.13 Å². The predicted octanol–water partition coefficient (Wildman–Crippen LogP) is 5.00. The molecule has 0 radical (unpaired) electrons. The van der Waals surface area contributed by atoms with E-state index in [-0.39, 0.29) is 11.5 Å². The van der Waals surface area contributed by atoms with Gasteiger partial charge in [-0.2, -0.15) is 0 Å². The molecule has 9 nitrogen and oxygen atoms in total. The van der Waals surface area contributed by atoms with E-state index in [0.29, 0.717) is 33.9 Å². The number of aliphatic hydroxyl groups is 1. The van der Waals surface area contributed by atoms with E-state index in [9.17, 15) is 9.90 Å². The number of nitrogens with two attached hydrogens (primary N) is 1. The van der Waals surface area contributed by atoms with Crippen LogP contribution in [0.2, 0.25) is 0 Å². The van der Waals surface area contributed by atoms with Gasteiger partial charge in [0.05, 0.1) is 23.1 Å². The summed E-state index contributed by atoms with van der Waals surface area (Å²) < 4.78 is 0.